The average Bonchev–Trinajstić information content (AvgIpc) is 2.92. The lowest BCUT2D eigenvalue weighted by molar-refractivity contribution is -0.0790. The Hall–Kier alpha value is -3.55. The molecule has 1 saturated carbocycles. The van der Waals surface area contributed by atoms with Crippen LogP contribution in [0.4, 0.5) is 26.3 Å². The van der Waals surface area contributed by atoms with Gasteiger partial charge in [-0.25, -0.2) is 18.0 Å². The van der Waals surface area contributed by atoms with E-state index in [1.165, 1.54) is 56.2 Å². The van der Waals surface area contributed by atoms with Gasteiger partial charge in [0, 0.05) is 23.3 Å². The molecule has 0 atom stereocenters. The van der Waals surface area contributed by atoms with E-state index in [0.29, 0.717) is 11.5 Å². The first-order valence-electron chi connectivity index (χ1n) is 13.9. The number of halogens is 6. The van der Waals surface area contributed by atoms with Gasteiger partial charge in [0.1, 0.15) is 23.2 Å². The number of hydrogen-bond donors (Lipinski definition) is 0. The van der Waals surface area contributed by atoms with Crippen LogP contribution in [0.2, 0.25) is 0 Å². The summed E-state index contributed by atoms with van der Waals surface area (Å²) in [6.45, 7) is 2.22. The number of alkyl halides is 3. The van der Waals surface area contributed by atoms with Crippen LogP contribution in [0.1, 0.15) is 85.7 Å². The zero-order chi connectivity index (χ0) is 29.6. The summed E-state index contributed by atoms with van der Waals surface area (Å²) in [5, 5.41) is 0. The van der Waals surface area contributed by atoms with E-state index >= 15 is 0 Å². The number of unbranched alkanes of at least 4 members (excludes halogenated alkanes) is 2. The zero-order valence-electron chi connectivity index (χ0n) is 22.7. The molecule has 0 spiro atoms. The average molecular weight is 575 g/mol. The summed E-state index contributed by atoms with van der Waals surface area (Å²) in [6, 6.07) is 12.1. The quantitative estimate of drug-likeness (QED) is 0.110. The fourth-order valence-electron chi connectivity index (χ4n) is 5.40. The number of hydrogen-bond acceptors (Lipinski definition) is 2. The minimum atomic E-state index is -4.74. The Bertz CT molecular complexity index is 1350. The number of ether oxygens (including phenoxy) is 1. The van der Waals surface area contributed by atoms with Gasteiger partial charge in [-0.05, 0) is 91.1 Å². The van der Waals surface area contributed by atoms with Gasteiger partial charge in [-0.15, -0.1) is 0 Å². The molecular weight excluding hydrogens is 542 g/mol. The summed E-state index contributed by atoms with van der Waals surface area (Å²) in [6.07, 6.45) is 5.07. The number of carbonyl (C=O) groups is 1. The highest BCUT2D eigenvalue weighted by Crippen LogP contribution is 2.38. The second-order valence-electron chi connectivity index (χ2n) is 10.6. The second kappa shape index (κ2) is 13.4. The molecule has 218 valence electrons. The van der Waals surface area contributed by atoms with E-state index in [1.807, 2.05) is 12.1 Å². The van der Waals surface area contributed by atoms with Gasteiger partial charge in [0.05, 0.1) is 5.56 Å². The van der Waals surface area contributed by atoms with Gasteiger partial charge >= 0.3 is 12.1 Å². The number of carbonyl (C=O) groups excluding carboxylic acids is 1. The molecule has 0 saturated heterocycles. The molecule has 4 rings (SSSR count). The van der Waals surface area contributed by atoms with Crippen LogP contribution in [-0.4, -0.2) is 12.1 Å². The third kappa shape index (κ3) is 8.24. The van der Waals surface area contributed by atoms with Crippen LogP contribution in [0.3, 0.4) is 0 Å². The van der Waals surface area contributed by atoms with Gasteiger partial charge < -0.3 is 4.74 Å². The fourth-order valence-corrected chi connectivity index (χ4v) is 5.40. The standard InChI is InChI=1S/C33H32F6O2/c1-2-3-4-5-21-6-8-22(9-7-21)23-10-12-24(13-11-23)32(40)41-26-14-15-27(31(36)20-26)25-18-29(34)28(30(35)19-25)16-17-33(37,38)39/h10-22H,2-9H2,1H3/b17-16+. The molecule has 41 heavy (non-hydrogen) atoms. The van der Waals surface area contributed by atoms with E-state index in [4.69, 9.17) is 4.74 Å². The molecule has 0 N–H and O–H groups in total. The van der Waals surface area contributed by atoms with Crippen molar-refractivity contribution in [3.05, 3.63) is 94.8 Å². The van der Waals surface area contributed by atoms with E-state index in [1.54, 1.807) is 12.1 Å². The monoisotopic (exact) mass is 574 g/mol. The Morgan fingerprint density at radius 2 is 1.54 bits per heavy atom. The lowest BCUT2D eigenvalue weighted by atomic mass is 9.77. The molecule has 0 unspecified atom stereocenters. The van der Waals surface area contributed by atoms with Gasteiger partial charge in [-0.1, -0.05) is 44.7 Å². The number of rotatable bonds is 9. The fraction of sp³-hybridized carbons (Fsp3) is 0.364. The maximum absolute atomic E-state index is 14.8. The summed E-state index contributed by atoms with van der Waals surface area (Å²) in [4.78, 5) is 12.7. The summed E-state index contributed by atoms with van der Waals surface area (Å²) < 4.78 is 85.9. The lowest BCUT2D eigenvalue weighted by Gasteiger charge is -2.29. The molecule has 3 aromatic rings. The largest absolute Gasteiger partial charge is 0.423 e. The Kier molecular flexibility index (Phi) is 9.94. The number of allylic oxidation sites excluding steroid dienone is 1. The second-order valence-corrected chi connectivity index (χ2v) is 10.6. The molecule has 0 amide bonds. The van der Waals surface area contributed by atoms with Crippen LogP contribution in [0.15, 0.2) is 60.7 Å². The zero-order valence-corrected chi connectivity index (χ0v) is 22.7. The van der Waals surface area contributed by atoms with Crippen molar-refractivity contribution in [3.63, 3.8) is 0 Å². The Morgan fingerprint density at radius 1 is 0.878 bits per heavy atom. The predicted molar refractivity (Wildman–Crippen MR) is 147 cm³/mol. The Balaban J connectivity index is 1.38. The van der Waals surface area contributed by atoms with Crippen molar-refractivity contribution in [2.45, 2.75) is 70.4 Å². The summed E-state index contributed by atoms with van der Waals surface area (Å²) >= 11 is 0. The minimum absolute atomic E-state index is 0.104. The van der Waals surface area contributed by atoms with Gasteiger partial charge in [-0.2, -0.15) is 13.2 Å². The Morgan fingerprint density at radius 3 is 2.12 bits per heavy atom. The van der Waals surface area contributed by atoms with E-state index in [-0.39, 0.29) is 29.0 Å². The predicted octanol–water partition coefficient (Wildman–Crippen LogP) is 10.4. The molecule has 3 aromatic carbocycles. The van der Waals surface area contributed by atoms with E-state index < -0.39 is 35.2 Å². The topological polar surface area (TPSA) is 26.3 Å². The summed E-state index contributed by atoms with van der Waals surface area (Å²) in [7, 11) is 0. The van der Waals surface area contributed by atoms with Crippen LogP contribution in [0.25, 0.3) is 17.2 Å². The van der Waals surface area contributed by atoms with E-state index in [9.17, 15) is 31.1 Å². The van der Waals surface area contributed by atoms with Gasteiger partial charge in [-0.3, -0.25) is 0 Å². The first-order chi connectivity index (χ1) is 19.5. The minimum Gasteiger partial charge on any atom is -0.423 e. The number of esters is 1. The van der Waals surface area contributed by atoms with E-state index in [0.717, 1.165) is 37.0 Å². The molecule has 0 aromatic heterocycles. The van der Waals surface area contributed by atoms with Crippen LogP contribution in [-0.2, 0) is 0 Å². The maximum atomic E-state index is 14.8. The van der Waals surface area contributed by atoms with Gasteiger partial charge in [0.15, 0.2) is 0 Å². The van der Waals surface area contributed by atoms with Gasteiger partial charge in [0.25, 0.3) is 0 Å². The summed E-state index contributed by atoms with van der Waals surface area (Å²) in [5.41, 5.74) is 0.170. The van der Waals surface area contributed by atoms with Crippen molar-refractivity contribution in [3.8, 4) is 16.9 Å². The van der Waals surface area contributed by atoms with Crippen molar-refractivity contribution < 1.29 is 35.9 Å². The molecule has 1 aliphatic carbocycles. The van der Waals surface area contributed by atoms with Crippen LogP contribution >= 0.6 is 0 Å². The normalized spacial score (nSPS) is 17.6. The van der Waals surface area contributed by atoms with Crippen molar-refractivity contribution in [1.82, 2.24) is 0 Å². The van der Waals surface area contributed by atoms with Crippen molar-refractivity contribution in [2.75, 3.05) is 0 Å². The highest BCUT2D eigenvalue weighted by atomic mass is 19.4. The molecule has 1 aliphatic rings. The van der Waals surface area contributed by atoms with Crippen LogP contribution in [0, 0.1) is 23.4 Å². The molecular formula is C33H32F6O2. The molecule has 8 heteroatoms. The van der Waals surface area contributed by atoms with Gasteiger partial charge in [0.2, 0.25) is 0 Å². The highest BCUT2D eigenvalue weighted by Gasteiger charge is 2.24. The maximum Gasteiger partial charge on any atom is 0.409 e. The molecule has 0 aliphatic heterocycles. The first-order valence-corrected chi connectivity index (χ1v) is 13.9. The lowest BCUT2D eigenvalue weighted by Crippen LogP contribution is -2.14. The van der Waals surface area contributed by atoms with Crippen molar-refractivity contribution >= 4 is 12.0 Å². The molecule has 0 heterocycles. The molecule has 1 fully saturated rings. The van der Waals surface area contributed by atoms with Crippen LogP contribution < -0.4 is 4.74 Å². The molecule has 0 radical (unpaired) electrons. The highest BCUT2D eigenvalue weighted by molar-refractivity contribution is 5.91. The smallest absolute Gasteiger partial charge is 0.409 e. The molecule has 2 nitrogen and oxygen atoms in total. The Labute approximate surface area is 236 Å². The van der Waals surface area contributed by atoms with E-state index in [2.05, 4.69) is 6.92 Å². The third-order valence-electron chi connectivity index (χ3n) is 7.66. The molecule has 0 bridgehead atoms. The van der Waals surface area contributed by atoms with Crippen molar-refractivity contribution in [2.24, 2.45) is 5.92 Å². The SMILES string of the molecule is CCCCCC1CCC(c2ccc(C(=O)Oc3ccc(-c4cc(F)c(/C=C/C(F)(F)F)c(F)c4)c(F)c3)cc2)CC1. The summed E-state index contributed by atoms with van der Waals surface area (Å²) in [5.74, 6) is -3.00. The van der Waals surface area contributed by atoms with Crippen molar-refractivity contribution in [1.29, 1.82) is 0 Å². The number of benzene rings is 3. The third-order valence-corrected chi connectivity index (χ3v) is 7.66. The first kappa shape index (κ1) is 30.4. The van der Waals surface area contributed by atoms with Crippen LogP contribution in [0.5, 0.6) is 5.75 Å².